The molecule has 0 aliphatic carbocycles. The van der Waals surface area contributed by atoms with E-state index in [9.17, 15) is 0 Å². The predicted octanol–water partition coefficient (Wildman–Crippen LogP) is 1.68. The molecule has 1 aliphatic rings. The average molecular weight is 163 g/mol. The zero-order chi connectivity index (χ0) is 8.60. The average Bonchev–Trinajstić information content (AvgIpc) is 2.00. The van der Waals surface area contributed by atoms with E-state index in [0.717, 1.165) is 13.2 Å². The summed E-state index contributed by atoms with van der Waals surface area (Å²) in [6, 6.07) is 2.19. The first-order valence-electron chi connectivity index (χ1n) is 4.21. The van der Waals surface area contributed by atoms with Gasteiger partial charge < -0.3 is 4.74 Å². The number of ether oxygens (including phenoxy) is 1. The second-order valence-electron chi connectivity index (χ2n) is 3.80. The van der Waals surface area contributed by atoms with Crippen LogP contribution in [0.2, 0.25) is 0 Å². The van der Waals surface area contributed by atoms with E-state index in [-0.39, 0.29) is 5.41 Å². The van der Waals surface area contributed by atoms with Crippen molar-refractivity contribution < 1.29 is 4.74 Å². The molecule has 0 atom stereocenters. The van der Waals surface area contributed by atoms with Gasteiger partial charge in [-0.1, -0.05) is 13.0 Å². The molecule has 2 heterocycles. The molecule has 1 aliphatic heterocycles. The summed E-state index contributed by atoms with van der Waals surface area (Å²) in [5.41, 5.74) is 2.74. The Bertz CT molecular complexity index is 292. The van der Waals surface area contributed by atoms with Crippen molar-refractivity contribution in [1.29, 1.82) is 0 Å². The topological polar surface area (TPSA) is 22.1 Å². The highest BCUT2D eigenvalue weighted by atomic mass is 16.5. The van der Waals surface area contributed by atoms with Crippen LogP contribution >= 0.6 is 0 Å². The van der Waals surface area contributed by atoms with Crippen molar-refractivity contribution in [3.63, 3.8) is 0 Å². The molecule has 0 aromatic carbocycles. The monoisotopic (exact) mass is 163 g/mol. The molecule has 1 saturated heterocycles. The van der Waals surface area contributed by atoms with Gasteiger partial charge in [-0.05, 0) is 18.1 Å². The maximum absolute atomic E-state index is 5.20. The number of rotatable bonds is 1. The maximum atomic E-state index is 5.20. The Morgan fingerprint density at radius 2 is 2.17 bits per heavy atom. The van der Waals surface area contributed by atoms with E-state index in [0.29, 0.717) is 0 Å². The molecule has 0 spiro atoms. The molecule has 64 valence electrons. The summed E-state index contributed by atoms with van der Waals surface area (Å²) in [4.78, 5) is 4.18. The van der Waals surface area contributed by atoms with E-state index in [4.69, 9.17) is 4.74 Å². The van der Waals surface area contributed by atoms with Crippen molar-refractivity contribution in [2.24, 2.45) is 0 Å². The minimum absolute atomic E-state index is 0.221. The van der Waals surface area contributed by atoms with Gasteiger partial charge in [0.05, 0.1) is 13.2 Å². The molecule has 1 fully saturated rings. The third-order valence-electron chi connectivity index (χ3n) is 2.41. The molecular formula is C10H13NO. The van der Waals surface area contributed by atoms with Gasteiger partial charge in [-0.2, -0.15) is 0 Å². The summed E-state index contributed by atoms with van der Waals surface area (Å²) in [5.74, 6) is 0. The van der Waals surface area contributed by atoms with E-state index < -0.39 is 0 Å². The summed E-state index contributed by atoms with van der Waals surface area (Å²) >= 11 is 0. The molecule has 0 amide bonds. The first kappa shape index (κ1) is 7.74. The van der Waals surface area contributed by atoms with Crippen LogP contribution in [0, 0.1) is 6.92 Å². The van der Waals surface area contributed by atoms with Gasteiger partial charge in [0, 0.05) is 17.8 Å². The van der Waals surface area contributed by atoms with E-state index in [1.807, 2.05) is 12.4 Å². The van der Waals surface area contributed by atoms with E-state index in [2.05, 4.69) is 24.9 Å². The second-order valence-corrected chi connectivity index (χ2v) is 3.80. The fraction of sp³-hybridized carbons (Fsp3) is 0.500. The lowest BCUT2D eigenvalue weighted by Gasteiger charge is -2.38. The molecule has 1 aromatic rings. The third kappa shape index (κ3) is 1.12. The van der Waals surface area contributed by atoms with Crippen LogP contribution in [-0.4, -0.2) is 18.2 Å². The molecule has 2 rings (SSSR count). The maximum Gasteiger partial charge on any atom is 0.0583 e. The van der Waals surface area contributed by atoms with Crippen LogP contribution < -0.4 is 0 Å². The molecule has 0 saturated carbocycles. The van der Waals surface area contributed by atoms with Crippen molar-refractivity contribution in [1.82, 2.24) is 4.98 Å². The lowest BCUT2D eigenvalue weighted by atomic mass is 9.81. The van der Waals surface area contributed by atoms with Gasteiger partial charge in [0.1, 0.15) is 0 Å². The van der Waals surface area contributed by atoms with Crippen molar-refractivity contribution in [2.45, 2.75) is 19.3 Å². The van der Waals surface area contributed by atoms with Crippen LogP contribution in [0.1, 0.15) is 18.1 Å². The molecule has 2 nitrogen and oxygen atoms in total. The standard InChI is InChI=1S/C10H13NO/c1-8-3-9(5-11-4-8)10(2)6-12-7-10/h3-5H,6-7H2,1-2H3. The van der Waals surface area contributed by atoms with Crippen molar-refractivity contribution in [3.8, 4) is 0 Å². The summed E-state index contributed by atoms with van der Waals surface area (Å²) in [5, 5.41) is 0. The largest absolute Gasteiger partial charge is 0.379 e. The zero-order valence-corrected chi connectivity index (χ0v) is 7.50. The molecule has 2 heteroatoms. The number of hydrogen-bond donors (Lipinski definition) is 0. The SMILES string of the molecule is Cc1cncc(C2(C)COC2)c1. The van der Waals surface area contributed by atoms with E-state index >= 15 is 0 Å². The Morgan fingerprint density at radius 1 is 1.42 bits per heavy atom. The molecule has 12 heavy (non-hydrogen) atoms. The fourth-order valence-electron chi connectivity index (χ4n) is 1.46. The van der Waals surface area contributed by atoms with Crippen molar-refractivity contribution in [3.05, 3.63) is 29.6 Å². The molecular weight excluding hydrogens is 150 g/mol. The highest BCUT2D eigenvalue weighted by Crippen LogP contribution is 2.31. The Balaban J connectivity index is 2.33. The summed E-state index contributed by atoms with van der Waals surface area (Å²) < 4.78 is 5.20. The summed E-state index contributed by atoms with van der Waals surface area (Å²) in [7, 11) is 0. The lowest BCUT2D eigenvalue weighted by Crippen LogP contribution is -2.43. The summed E-state index contributed by atoms with van der Waals surface area (Å²) in [6.07, 6.45) is 3.82. The normalized spacial score (nSPS) is 20.2. The van der Waals surface area contributed by atoms with Gasteiger partial charge in [0.15, 0.2) is 0 Å². The zero-order valence-electron chi connectivity index (χ0n) is 7.50. The van der Waals surface area contributed by atoms with Crippen molar-refractivity contribution >= 4 is 0 Å². The Morgan fingerprint density at radius 3 is 2.67 bits per heavy atom. The Hall–Kier alpha value is -0.890. The van der Waals surface area contributed by atoms with Crippen LogP contribution in [-0.2, 0) is 10.2 Å². The van der Waals surface area contributed by atoms with Gasteiger partial charge >= 0.3 is 0 Å². The quantitative estimate of drug-likeness (QED) is 0.628. The lowest BCUT2D eigenvalue weighted by molar-refractivity contribution is -0.0501. The van der Waals surface area contributed by atoms with Gasteiger partial charge in [-0.3, -0.25) is 4.98 Å². The van der Waals surface area contributed by atoms with Crippen molar-refractivity contribution in [2.75, 3.05) is 13.2 Å². The first-order valence-corrected chi connectivity index (χ1v) is 4.21. The Kier molecular flexibility index (Phi) is 1.65. The molecule has 0 radical (unpaired) electrons. The molecule has 0 N–H and O–H groups in total. The van der Waals surface area contributed by atoms with Gasteiger partial charge in [-0.25, -0.2) is 0 Å². The van der Waals surface area contributed by atoms with Crippen LogP contribution in [0.4, 0.5) is 0 Å². The van der Waals surface area contributed by atoms with E-state index in [1.165, 1.54) is 11.1 Å². The van der Waals surface area contributed by atoms with E-state index in [1.54, 1.807) is 0 Å². The predicted molar refractivity (Wildman–Crippen MR) is 47.1 cm³/mol. The minimum atomic E-state index is 0.221. The molecule has 0 unspecified atom stereocenters. The number of aromatic nitrogens is 1. The van der Waals surface area contributed by atoms with Crippen LogP contribution in [0.15, 0.2) is 18.5 Å². The van der Waals surface area contributed by atoms with Crippen LogP contribution in [0.25, 0.3) is 0 Å². The Labute approximate surface area is 72.6 Å². The number of aryl methyl sites for hydroxylation is 1. The third-order valence-corrected chi connectivity index (χ3v) is 2.41. The van der Waals surface area contributed by atoms with Crippen LogP contribution in [0.3, 0.4) is 0 Å². The molecule has 0 bridgehead atoms. The second kappa shape index (κ2) is 2.56. The highest BCUT2D eigenvalue weighted by Gasteiger charge is 2.35. The van der Waals surface area contributed by atoms with Gasteiger partial charge in [-0.15, -0.1) is 0 Å². The van der Waals surface area contributed by atoms with Gasteiger partial charge in [0.25, 0.3) is 0 Å². The fourth-order valence-corrected chi connectivity index (χ4v) is 1.46. The molecule has 1 aromatic heterocycles. The highest BCUT2D eigenvalue weighted by molar-refractivity contribution is 5.27. The van der Waals surface area contributed by atoms with Gasteiger partial charge in [0.2, 0.25) is 0 Å². The smallest absolute Gasteiger partial charge is 0.0583 e. The van der Waals surface area contributed by atoms with Crippen LogP contribution in [0.5, 0.6) is 0 Å². The summed E-state index contributed by atoms with van der Waals surface area (Å²) in [6.45, 7) is 5.95. The minimum Gasteiger partial charge on any atom is -0.379 e. The first-order chi connectivity index (χ1) is 5.71. The number of nitrogens with zero attached hydrogens (tertiary/aromatic N) is 1. The number of hydrogen-bond acceptors (Lipinski definition) is 2. The number of pyridine rings is 1.